The van der Waals surface area contributed by atoms with Crippen LogP contribution in [0.4, 0.5) is 0 Å². The predicted molar refractivity (Wildman–Crippen MR) is 92.8 cm³/mol. The van der Waals surface area contributed by atoms with Gasteiger partial charge >= 0.3 is 5.63 Å². The first-order valence-electron chi connectivity index (χ1n) is 7.53. The van der Waals surface area contributed by atoms with Crippen LogP contribution in [0.1, 0.15) is 13.8 Å². The Kier molecular flexibility index (Phi) is 4.29. The summed E-state index contributed by atoms with van der Waals surface area (Å²) in [7, 11) is 0. The van der Waals surface area contributed by atoms with Gasteiger partial charge in [0.25, 0.3) is 0 Å². The minimum atomic E-state index is -0.363. The van der Waals surface area contributed by atoms with E-state index < -0.39 is 0 Å². The molecule has 3 rings (SSSR count). The van der Waals surface area contributed by atoms with E-state index in [0.717, 1.165) is 16.5 Å². The van der Waals surface area contributed by atoms with E-state index >= 15 is 0 Å². The predicted octanol–water partition coefficient (Wildman–Crippen LogP) is 4.81. The molecule has 0 spiro atoms. The van der Waals surface area contributed by atoms with Gasteiger partial charge in [-0.2, -0.15) is 0 Å². The molecule has 3 heteroatoms. The zero-order chi connectivity index (χ0) is 16.2. The molecule has 0 fully saturated rings. The fourth-order valence-corrected chi connectivity index (χ4v) is 2.39. The Hall–Kier alpha value is -2.81. The molecule has 0 N–H and O–H groups in total. The largest absolute Gasteiger partial charge is 0.489 e. The normalized spacial score (nSPS) is 10.5. The monoisotopic (exact) mass is 306 g/mol. The zero-order valence-electron chi connectivity index (χ0n) is 13.2. The van der Waals surface area contributed by atoms with E-state index in [9.17, 15) is 4.79 Å². The van der Waals surface area contributed by atoms with Crippen molar-refractivity contribution in [1.82, 2.24) is 0 Å². The van der Waals surface area contributed by atoms with Gasteiger partial charge in [0.15, 0.2) is 0 Å². The number of allylic oxidation sites excluding steroid dienone is 1. The zero-order valence-corrected chi connectivity index (χ0v) is 13.2. The minimum absolute atomic E-state index is 0.363. The molecule has 2 aromatic carbocycles. The summed E-state index contributed by atoms with van der Waals surface area (Å²) >= 11 is 0. The number of ether oxygens (including phenoxy) is 1. The SMILES string of the molecule is CC(C)=CCOc1ccc2c(-c3ccccc3)cc(=O)oc2c1. The molecule has 3 aromatic rings. The maximum Gasteiger partial charge on any atom is 0.336 e. The second kappa shape index (κ2) is 6.53. The molecule has 0 bridgehead atoms. The number of fused-ring (bicyclic) bond motifs is 1. The lowest BCUT2D eigenvalue weighted by Gasteiger charge is -2.08. The van der Waals surface area contributed by atoms with Gasteiger partial charge in [0.1, 0.15) is 17.9 Å². The van der Waals surface area contributed by atoms with Gasteiger partial charge in [-0.1, -0.05) is 35.9 Å². The smallest absolute Gasteiger partial charge is 0.336 e. The lowest BCUT2D eigenvalue weighted by atomic mass is 10.0. The second-order valence-electron chi connectivity index (χ2n) is 5.60. The molecule has 3 nitrogen and oxygen atoms in total. The standard InChI is InChI=1S/C20H18O3/c1-14(2)10-11-22-16-8-9-17-18(15-6-4-3-5-7-15)13-20(21)23-19(17)12-16/h3-10,12-13H,11H2,1-2H3. The topological polar surface area (TPSA) is 39.4 Å². The van der Waals surface area contributed by atoms with Crippen molar-refractivity contribution in [2.24, 2.45) is 0 Å². The summed E-state index contributed by atoms with van der Waals surface area (Å²) in [6, 6.07) is 16.9. The third kappa shape index (κ3) is 3.51. The second-order valence-corrected chi connectivity index (χ2v) is 5.60. The Balaban J connectivity index is 2.04. The molecule has 0 radical (unpaired) electrons. The van der Waals surface area contributed by atoms with Crippen molar-refractivity contribution in [3.63, 3.8) is 0 Å². The summed E-state index contributed by atoms with van der Waals surface area (Å²) in [5, 5.41) is 0.894. The molecule has 0 saturated carbocycles. The third-order valence-corrected chi connectivity index (χ3v) is 3.54. The van der Waals surface area contributed by atoms with E-state index in [1.807, 2.05) is 62.4 Å². The van der Waals surface area contributed by atoms with Crippen LogP contribution in [0.15, 0.2) is 75.5 Å². The van der Waals surface area contributed by atoms with Gasteiger partial charge in [0.05, 0.1) is 0 Å². The lowest BCUT2D eigenvalue weighted by molar-refractivity contribution is 0.361. The molecule has 0 aliphatic heterocycles. The molecule has 1 aromatic heterocycles. The highest BCUT2D eigenvalue weighted by Crippen LogP contribution is 2.29. The molecule has 0 atom stereocenters. The van der Waals surface area contributed by atoms with Crippen LogP contribution in [0.2, 0.25) is 0 Å². The lowest BCUT2D eigenvalue weighted by Crippen LogP contribution is -1.99. The molecule has 0 unspecified atom stereocenters. The van der Waals surface area contributed by atoms with Gasteiger partial charge in [0, 0.05) is 17.5 Å². The average molecular weight is 306 g/mol. The van der Waals surface area contributed by atoms with Crippen molar-refractivity contribution in [2.45, 2.75) is 13.8 Å². The van der Waals surface area contributed by atoms with E-state index in [2.05, 4.69) is 0 Å². The fraction of sp³-hybridized carbons (Fsp3) is 0.150. The van der Waals surface area contributed by atoms with Crippen molar-refractivity contribution in [1.29, 1.82) is 0 Å². The highest BCUT2D eigenvalue weighted by Gasteiger charge is 2.08. The molecule has 0 aliphatic rings. The highest BCUT2D eigenvalue weighted by atomic mass is 16.5. The van der Waals surface area contributed by atoms with Crippen molar-refractivity contribution in [3.05, 3.63) is 76.7 Å². The summed E-state index contributed by atoms with van der Waals surface area (Å²) in [6.07, 6.45) is 2.00. The third-order valence-electron chi connectivity index (χ3n) is 3.54. The van der Waals surface area contributed by atoms with Crippen molar-refractivity contribution in [2.75, 3.05) is 6.61 Å². The number of benzene rings is 2. The maximum absolute atomic E-state index is 11.9. The van der Waals surface area contributed by atoms with Gasteiger partial charge in [-0.05, 0) is 43.2 Å². The van der Waals surface area contributed by atoms with Gasteiger partial charge in [0.2, 0.25) is 0 Å². The van der Waals surface area contributed by atoms with Gasteiger partial charge in [-0.15, -0.1) is 0 Å². The molecule has 116 valence electrons. The van der Waals surface area contributed by atoms with E-state index in [1.54, 1.807) is 6.07 Å². The quantitative estimate of drug-likeness (QED) is 0.513. The summed E-state index contributed by atoms with van der Waals surface area (Å²) < 4.78 is 11.0. The Morgan fingerprint density at radius 2 is 1.87 bits per heavy atom. The van der Waals surface area contributed by atoms with E-state index in [-0.39, 0.29) is 5.63 Å². The maximum atomic E-state index is 11.9. The average Bonchev–Trinajstić information content (AvgIpc) is 2.54. The molecular formula is C20H18O3. The van der Waals surface area contributed by atoms with Crippen molar-refractivity contribution < 1.29 is 9.15 Å². The van der Waals surface area contributed by atoms with Crippen LogP contribution in [-0.4, -0.2) is 6.61 Å². The molecule has 23 heavy (non-hydrogen) atoms. The van der Waals surface area contributed by atoms with Gasteiger partial charge in [-0.25, -0.2) is 4.79 Å². The van der Waals surface area contributed by atoms with Crippen LogP contribution in [0.3, 0.4) is 0 Å². The Labute approximate surface area is 134 Å². The summed E-state index contributed by atoms with van der Waals surface area (Å²) in [5.74, 6) is 0.684. The molecule has 0 aliphatic carbocycles. The summed E-state index contributed by atoms with van der Waals surface area (Å²) in [4.78, 5) is 11.9. The van der Waals surface area contributed by atoms with Crippen LogP contribution in [0.5, 0.6) is 5.75 Å². The van der Waals surface area contributed by atoms with Crippen molar-refractivity contribution in [3.8, 4) is 16.9 Å². The first kappa shape index (κ1) is 15.1. The molecular weight excluding hydrogens is 288 g/mol. The van der Waals surface area contributed by atoms with Crippen LogP contribution >= 0.6 is 0 Å². The van der Waals surface area contributed by atoms with Crippen molar-refractivity contribution >= 4 is 11.0 Å². The van der Waals surface area contributed by atoms with E-state index in [0.29, 0.717) is 17.9 Å². The first-order chi connectivity index (χ1) is 11.1. The van der Waals surface area contributed by atoms with Gasteiger partial charge in [-0.3, -0.25) is 0 Å². The molecule has 0 saturated heterocycles. The Morgan fingerprint density at radius 3 is 2.61 bits per heavy atom. The van der Waals surface area contributed by atoms with E-state index in [4.69, 9.17) is 9.15 Å². The number of hydrogen-bond acceptors (Lipinski definition) is 3. The molecule has 1 heterocycles. The van der Waals surface area contributed by atoms with E-state index in [1.165, 1.54) is 11.6 Å². The number of rotatable bonds is 4. The first-order valence-corrected chi connectivity index (χ1v) is 7.53. The van der Waals surface area contributed by atoms with Crippen LogP contribution in [-0.2, 0) is 0 Å². The van der Waals surface area contributed by atoms with Crippen LogP contribution in [0, 0.1) is 0 Å². The fourth-order valence-electron chi connectivity index (χ4n) is 2.39. The summed E-state index contributed by atoms with van der Waals surface area (Å²) in [6.45, 7) is 4.54. The molecule has 0 amide bonds. The van der Waals surface area contributed by atoms with Crippen LogP contribution in [0.25, 0.3) is 22.1 Å². The Bertz CT molecular complexity index is 901. The van der Waals surface area contributed by atoms with Gasteiger partial charge < -0.3 is 9.15 Å². The summed E-state index contributed by atoms with van der Waals surface area (Å²) in [5.41, 5.74) is 3.23. The Morgan fingerprint density at radius 1 is 1.09 bits per heavy atom. The van der Waals surface area contributed by atoms with Crippen LogP contribution < -0.4 is 10.4 Å². The minimum Gasteiger partial charge on any atom is -0.489 e. The highest BCUT2D eigenvalue weighted by molar-refractivity contribution is 5.93. The number of hydrogen-bond donors (Lipinski definition) is 0.